The molecule has 1 fully saturated rings. The predicted octanol–water partition coefficient (Wildman–Crippen LogP) is 4.25. The maximum absolute atomic E-state index is 12.9. The lowest BCUT2D eigenvalue weighted by atomic mass is 10.0. The van der Waals surface area contributed by atoms with E-state index in [9.17, 15) is 8.42 Å². The molecule has 0 unspecified atom stereocenters. The van der Waals surface area contributed by atoms with Crippen LogP contribution < -0.4 is 4.90 Å². The Labute approximate surface area is 176 Å². The van der Waals surface area contributed by atoms with Gasteiger partial charge in [0.05, 0.1) is 10.6 Å². The minimum Gasteiger partial charge on any atom is -0.345 e. The number of aromatic nitrogens is 1. The largest absolute Gasteiger partial charge is 0.345 e. The van der Waals surface area contributed by atoms with Crippen LogP contribution in [0.15, 0.2) is 52.7 Å². The first-order valence-electron chi connectivity index (χ1n) is 9.70. The van der Waals surface area contributed by atoms with Crippen molar-refractivity contribution in [2.45, 2.75) is 25.7 Å². The molecule has 0 atom stereocenters. The predicted molar refractivity (Wildman–Crippen MR) is 119 cm³/mol. The summed E-state index contributed by atoms with van der Waals surface area (Å²) in [5.74, 6) is 0. The molecule has 0 aliphatic carbocycles. The van der Waals surface area contributed by atoms with Crippen LogP contribution >= 0.6 is 11.3 Å². The van der Waals surface area contributed by atoms with Gasteiger partial charge in [0.25, 0.3) is 0 Å². The summed E-state index contributed by atoms with van der Waals surface area (Å²) in [7, 11) is -3.44. The van der Waals surface area contributed by atoms with Crippen LogP contribution in [0.3, 0.4) is 0 Å². The topological polar surface area (TPSA) is 53.5 Å². The highest BCUT2D eigenvalue weighted by atomic mass is 32.2. The smallest absolute Gasteiger partial charge is 0.243 e. The van der Waals surface area contributed by atoms with Gasteiger partial charge >= 0.3 is 0 Å². The van der Waals surface area contributed by atoms with Gasteiger partial charge in [-0.05, 0) is 44.0 Å². The Bertz CT molecular complexity index is 1110. The summed E-state index contributed by atoms with van der Waals surface area (Å²) in [6, 6.07) is 13.3. The van der Waals surface area contributed by atoms with Gasteiger partial charge in [0.2, 0.25) is 10.0 Å². The average molecular weight is 428 g/mol. The van der Waals surface area contributed by atoms with Gasteiger partial charge in [-0.25, -0.2) is 13.4 Å². The van der Waals surface area contributed by atoms with Crippen LogP contribution in [-0.4, -0.2) is 43.9 Å². The van der Waals surface area contributed by atoms with E-state index in [0.717, 1.165) is 22.0 Å². The fraction of sp³-hybridized carbons (Fsp3) is 0.318. The number of hydrogen-bond donors (Lipinski definition) is 0. The quantitative estimate of drug-likeness (QED) is 0.625. The molecule has 29 heavy (non-hydrogen) atoms. The van der Waals surface area contributed by atoms with Crippen LogP contribution in [0.1, 0.15) is 16.7 Å². The standard InChI is InChI=1S/C22H25N3O2S2/c1-16-7-9-19(10-8-16)29(26,27)25-13-11-24(12-14-25)22-23-21(15-28-22)20-6-4-5-17(2)18(20)3/h4-10,15H,11-14H2,1-3H3. The van der Waals surface area contributed by atoms with Crippen molar-refractivity contribution in [3.8, 4) is 11.3 Å². The monoisotopic (exact) mass is 427 g/mol. The second-order valence-corrected chi connectivity index (χ2v) is 10.2. The first kappa shape index (κ1) is 20.1. The van der Waals surface area contributed by atoms with E-state index in [4.69, 9.17) is 4.98 Å². The lowest BCUT2D eigenvalue weighted by molar-refractivity contribution is 0.385. The average Bonchev–Trinajstić information content (AvgIpc) is 3.20. The van der Waals surface area contributed by atoms with Crippen molar-refractivity contribution < 1.29 is 8.42 Å². The summed E-state index contributed by atoms with van der Waals surface area (Å²) < 4.78 is 27.4. The zero-order chi connectivity index (χ0) is 20.6. The fourth-order valence-corrected chi connectivity index (χ4v) is 5.84. The molecule has 2 aromatic carbocycles. The maximum atomic E-state index is 12.9. The summed E-state index contributed by atoms with van der Waals surface area (Å²) in [5, 5.41) is 3.04. The Hall–Kier alpha value is -2.22. The zero-order valence-electron chi connectivity index (χ0n) is 16.9. The summed E-state index contributed by atoms with van der Waals surface area (Å²) in [5.41, 5.74) is 5.71. The SMILES string of the molecule is Cc1ccc(S(=O)(=O)N2CCN(c3nc(-c4cccc(C)c4C)cs3)CC2)cc1. The van der Waals surface area contributed by atoms with Crippen molar-refractivity contribution in [1.29, 1.82) is 0 Å². The highest BCUT2D eigenvalue weighted by Crippen LogP contribution is 2.31. The van der Waals surface area contributed by atoms with E-state index in [1.165, 1.54) is 11.1 Å². The third kappa shape index (κ3) is 3.95. The van der Waals surface area contributed by atoms with Gasteiger partial charge in [0.1, 0.15) is 0 Å². The second kappa shape index (κ2) is 7.89. The summed E-state index contributed by atoms with van der Waals surface area (Å²) in [6.07, 6.45) is 0. The van der Waals surface area contributed by atoms with E-state index in [0.29, 0.717) is 31.1 Å². The third-order valence-corrected chi connectivity index (χ3v) is 8.35. The zero-order valence-corrected chi connectivity index (χ0v) is 18.6. The van der Waals surface area contributed by atoms with E-state index < -0.39 is 10.0 Å². The molecule has 1 aliphatic heterocycles. The first-order valence-corrected chi connectivity index (χ1v) is 12.0. The van der Waals surface area contributed by atoms with Crippen molar-refractivity contribution >= 4 is 26.5 Å². The molecule has 3 aromatic rings. The van der Waals surface area contributed by atoms with Crippen LogP contribution in [0.25, 0.3) is 11.3 Å². The Morgan fingerprint density at radius 3 is 2.31 bits per heavy atom. The molecular formula is C22H25N3O2S2. The molecule has 1 saturated heterocycles. The van der Waals surface area contributed by atoms with Gasteiger partial charge in [-0.15, -0.1) is 11.3 Å². The highest BCUT2D eigenvalue weighted by Gasteiger charge is 2.29. The van der Waals surface area contributed by atoms with E-state index in [1.54, 1.807) is 27.8 Å². The molecule has 7 heteroatoms. The summed E-state index contributed by atoms with van der Waals surface area (Å²) in [4.78, 5) is 7.38. The number of aryl methyl sites for hydroxylation is 2. The van der Waals surface area contributed by atoms with Crippen molar-refractivity contribution in [1.82, 2.24) is 9.29 Å². The molecule has 152 valence electrons. The van der Waals surface area contributed by atoms with Crippen LogP contribution in [0, 0.1) is 20.8 Å². The molecule has 0 bridgehead atoms. The number of thiazole rings is 1. The first-order chi connectivity index (χ1) is 13.9. The number of piperazine rings is 1. The van der Waals surface area contributed by atoms with Crippen molar-refractivity contribution in [3.63, 3.8) is 0 Å². The van der Waals surface area contributed by atoms with Gasteiger partial charge in [-0.2, -0.15) is 4.31 Å². The number of nitrogens with zero attached hydrogens (tertiary/aromatic N) is 3. The molecule has 5 nitrogen and oxygen atoms in total. The number of rotatable bonds is 4. The number of benzene rings is 2. The Balaban J connectivity index is 1.47. The molecular weight excluding hydrogens is 402 g/mol. The Morgan fingerprint density at radius 1 is 0.931 bits per heavy atom. The third-order valence-electron chi connectivity index (χ3n) is 5.54. The molecule has 1 aromatic heterocycles. The van der Waals surface area contributed by atoms with E-state index >= 15 is 0 Å². The van der Waals surface area contributed by atoms with Crippen molar-refractivity contribution in [3.05, 3.63) is 64.5 Å². The molecule has 0 saturated carbocycles. The van der Waals surface area contributed by atoms with E-state index in [1.807, 2.05) is 19.1 Å². The lowest BCUT2D eigenvalue weighted by Gasteiger charge is -2.33. The minimum atomic E-state index is -3.44. The molecule has 4 rings (SSSR count). The van der Waals surface area contributed by atoms with Crippen LogP contribution in [0.5, 0.6) is 0 Å². The van der Waals surface area contributed by atoms with Crippen molar-refractivity contribution in [2.75, 3.05) is 31.1 Å². The maximum Gasteiger partial charge on any atom is 0.243 e. The van der Waals surface area contributed by atoms with Crippen LogP contribution in [0.4, 0.5) is 5.13 Å². The normalized spacial score (nSPS) is 15.6. The van der Waals surface area contributed by atoms with Crippen LogP contribution in [-0.2, 0) is 10.0 Å². The van der Waals surface area contributed by atoms with Gasteiger partial charge < -0.3 is 4.90 Å². The van der Waals surface area contributed by atoms with E-state index in [2.05, 4.69) is 42.3 Å². The molecule has 0 N–H and O–H groups in total. The minimum absolute atomic E-state index is 0.364. The highest BCUT2D eigenvalue weighted by molar-refractivity contribution is 7.89. The molecule has 0 spiro atoms. The van der Waals surface area contributed by atoms with Crippen LogP contribution in [0.2, 0.25) is 0 Å². The fourth-order valence-electron chi connectivity index (χ4n) is 3.54. The lowest BCUT2D eigenvalue weighted by Crippen LogP contribution is -2.48. The molecule has 0 radical (unpaired) electrons. The Kier molecular flexibility index (Phi) is 5.46. The van der Waals surface area contributed by atoms with Gasteiger partial charge in [0.15, 0.2) is 5.13 Å². The number of hydrogen-bond acceptors (Lipinski definition) is 5. The number of anilines is 1. The molecule has 1 aliphatic rings. The summed E-state index contributed by atoms with van der Waals surface area (Å²) in [6.45, 7) is 8.41. The van der Waals surface area contributed by atoms with E-state index in [-0.39, 0.29) is 0 Å². The van der Waals surface area contributed by atoms with Crippen molar-refractivity contribution in [2.24, 2.45) is 0 Å². The summed E-state index contributed by atoms with van der Waals surface area (Å²) >= 11 is 1.62. The van der Waals surface area contributed by atoms with Gasteiger partial charge in [-0.3, -0.25) is 0 Å². The van der Waals surface area contributed by atoms with Gasteiger partial charge in [0, 0.05) is 37.1 Å². The van der Waals surface area contributed by atoms with Gasteiger partial charge in [-0.1, -0.05) is 35.9 Å². The Morgan fingerprint density at radius 2 is 1.62 bits per heavy atom. The number of sulfonamides is 1. The molecule has 2 heterocycles. The molecule has 0 amide bonds. The second-order valence-electron chi connectivity index (χ2n) is 7.47.